The van der Waals surface area contributed by atoms with Gasteiger partial charge in [0.1, 0.15) is 5.82 Å². The summed E-state index contributed by atoms with van der Waals surface area (Å²) < 4.78 is 14.8. The van der Waals surface area contributed by atoms with Crippen molar-refractivity contribution in [2.75, 3.05) is 5.32 Å². The predicted molar refractivity (Wildman–Crippen MR) is 115 cm³/mol. The molecule has 8 nitrogen and oxygen atoms in total. The molecule has 10 heteroatoms. The summed E-state index contributed by atoms with van der Waals surface area (Å²) in [6, 6.07) is 15.8. The van der Waals surface area contributed by atoms with Gasteiger partial charge in [0.25, 0.3) is 5.91 Å². The van der Waals surface area contributed by atoms with Crippen LogP contribution in [0.2, 0.25) is 0 Å². The average molecular weight is 436 g/mol. The summed E-state index contributed by atoms with van der Waals surface area (Å²) in [6.45, 7) is 0.245. The Morgan fingerprint density at radius 2 is 1.81 bits per heavy atom. The third kappa shape index (κ3) is 4.75. The Morgan fingerprint density at radius 1 is 1.06 bits per heavy atom. The maximum absolute atomic E-state index is 13.3. The first-order valence-corrected chi connectivity index (χ1v) is 10.1. The Hall–Kier alpha value is -4.05. The SMILES string of the molecule is NC(=O)Nc1ccc(CNC(=O)c2nc(-c3cccs3)n(-c3ccc(F)cc3)n2)cc1. The number of nitrogens with two attached hydrogens (primary N) is 1. The molecule has 4 N–H and O–H groups in total. The minimum Gasteiger partial charge on any atom is -0.351 e. The van der Waals surface area contributed by atoms with Gasteiger partial charge in [-0.1, -0.05) is 18.2 Å². The highest BCUT2D eigenvalue weighted by atomic mass is 32.1. The van der Waals surface area contributed by atoms with Crippen molar-refractivity contribution in [3.8, 4) is 16.4 Å². The number of amides is 3. The second-order valence-corrected chi connectivity index (χ2v) is 7.44. The molecule has 0 atom stereocenters. The van der Waals surface area contributed by atoms with Crippen LogP contribution in [-0.4, -0.2) is 26.7 Å². The first-order chi connectivity index (χ1) is 15.0. The van der Waals surface area contributed by atoms with Crippen LogP contribution < -0.4 is 16.4 Å². The number of halogens is 1. The molecule has 2 heterocycles. The zero-order chi connectivity index (χ0) is 21.8. The summed E-state index contributed by atoms with van der Waals surface area (Å²) in [5.41, 5.74) is 7.05. The van der Waals surface area contributed by atoms with E-state index in [0.717, 1.165) is 10.4 Å². The molecule has 0 bridgehead atoms. The number of primary amides is 1. The van der Waals surface area contributed by atoms with Crippen molar-refractivity contribution >= 4 is 29.0 Å². The third-order valence-electron chi connectivity index (χ3n) is 4.30. The van der Waals surface area contributed by atoms with Gasteiger partial charge in [0.05, 0.1) is 10.6 Å². The number of nitrogens with zero attached hydrogens (tertiary/aromatic N) is 3. The number of thiophene rings is 1. The molecule has 2 aromatic carbocycles. The van der Waals surface area contributed by atoms with Crippen LogP contribution in [0.4, 0.5) is 14.9 Å². The number of carbonyl (C=O) groups excluding carboxylic acids is 2. The number of carbonyl (C=O) groups is 2. The number of hydrogen-bond acceptors (Lipinski definition) is 5. The molecule has 0 unspecified atom stereocenters. The monoisotopic (exact) mass is 436 g/mol. The van der Waals surface area contributed by atoms with Crippen molar-refractivity contribution in [3.05, 3.63) is 83.2 Å². The molecule has 156 valence electrons. The highest BCUT2D eigenvalue weighted by Crippen LogP contribution is 2.25. The molecular weight excluding hydrogens is 419 g/mol. The Bertz CT molecular complexity index is 1200. The molecule has 0 fully saturated rings. The number of anilines is 1. The van der Waals surface area contributed by atoms with Crippen molar-refractivity contribution in [2.45, 2.75) is 6.54 Å². The van der Waals surface area contributed by atoms with Gasteiger partial charge in [0, 0.05) is 12.2 Å². The lowest BCUT2D eigenvalue weighted by Gasteiger charge is -2.05. The van der Waals surface area contributed by atoms with Crippen LogP contribution in [0, 0.1) is 5.82 Å². The third-order valence-corrected chi connectivity index (χ3v) is 5.16. The van der Waals surface area contributed by atoms with Crippen LogP contribution in [-0.2, 0) is 6.54 Å². The van der Waals surface area contributed by atoms with Gasteiger partial charge in [0.2, 0.25) is 5.82 Å². The van der Waals surface area contributed by atoms with Gasteiger partial charge in [-0.2, -0.15) is 0 Å². The molecule has 0 aliphatic heterocycles. The van der Waals surface area contributed by atoms with Gasteiger partial charge >= 0.3 is 6.03 Å². The van der Waals surface area contributed by atoms with Crippen LogP contribution >= 0.6 is 11.3 Å². The molecular formula is C21H17FN6O2S. The number of nitrogens with one attached hydrogen (secondary N) is 2. The van der Waals surface area contributed by atoms with Crippen molar-refractivity contribution in [1.82, 2.24) is 20.1 Å². The average Bonchev–Trinajstić information content (AvgIpc) is 3.43. The van der Waals surface area contributed by atoms with E-state index in [2.05, 4.69) is 20.7 Å². The Balaban J connectivity index is 1.53. The maximum atomic E-state index is 13.3. The molecule has 31 heavy (non-hydrogen) atoms. The summed E-state index contributed by atoms with van der Waals surface area (Å²) in [7, 11) is 0. The summed E-state index contributed by atoms with van der Waals surface area (Å²) in [4.78, 5) is 28.8. The normalized spacial score (nSPS) is 10.6. The zero-order valence-electron chi connectivity index (χ0n) is 16.1. The summed E-state index contributed by atoms with van der Waals surface area (Å²) in [5.74, 6) is -0.317. The first-order valence-electron chi connectivity index (χ1n) is 9.20. The minimum atomic E-state index is -0.648. The molecule has 2 aromatic heterocycles. The van der Waals surface area contributed by atoms with E-state index in [-0.39, 0.29) is 18.2 Å². The number of aromatic nitrogens is 3. The van der Waals surface area contributed by atoms with Crippen LogP contribution in [0.1, 0.15) is 16.2 Å². The lowest BCUT2D eigenvalue weighted by Crippen LogP contribution is -2.24. The van der Waals surface area contributed by atoms with Crippen LogP contribution in [0.3, 0.4) is 0 Å². The van der Waals surface area contributed by atoms with Crippen molar-refractivity contribution in [2.24, 2.45) is 5.73 Å². The lowest BCUT2D eigenvalue weighted by molar-refractivity contribution is 0.0940. The quantitative estimate of drug-likeness (QED) is 0.429. The van der Waals surface area contributed by atoms with E-state index in [1.54, 1.807) is 36.4 Å². The number of hydrogen-bond donors (Lipinski definition) is 3. The van der Waals surface area contributed by atoms with Gasteiger partial charge in [-0.05, 0) is 53.4 Å². The fraction of sp³-hybridized carbons (Fsp3) is 0.0476. The molecule has 0 radical (unpaired) electrons. The van der Waals surface area contributed by atoms with E-state index in [4.69, 9.17) is 5.73 Å². The van der Waals surface area contributed by atoms with Gasteiger partial charge < -0.3 is 16.4 Å². The second-order valence-electron chi connectivity index (χ2n) is 6.49. The van der Waals surface area contributed by atoms with Crippen LogP contribution in [0.5, 0.6) is 0 Å². The fourth-order valence-corrected chi connectivity index (χ4v) is 3.54. The van der Waals surface area contributed by atoms with Crippen molar-refractivity contribution < 1.29 is 14.0 Å². The van der Waals surface area contributed by atoms with Gasteiger partial charge in [-0.25, -0.2) is 18.9 Å². The standard InChI is InChI=1S/C21H17FN6O2S/c22-14-5-9-16(10-6-14)28-19(17-2-1-11-31-17)26-18(27-28)20(29)24-12-13-3-7-15(8-4-13)25-21(23)30/h1-11H,12H2,(H,24,29)(H3,23,25,30). The highest BCUT2D eigenvalue weighted by molar-refractivity contribution is 7.13. The Kier molecular flexibility index (Phi) is 5.72. The lowest BCUT2D eigenvalue weighted by atomic mass is 10.2. The number of benzene rings is 2. The Morgan fingerprint density at radius 3 is 2.45 bits per heavy atom. The van der Waals surface area contributed by atoms with Gasteiger partial charge in [-0.15, -0.1) is 16.4 Å². The summed E-state index contributed by atoms with van der Waals surface area (Å²) in [5, 5.41) is 11.5. The zero-order valence-corrected chi connectivity index (χ0v) is 16.9. The molecule has 0 saturated carbocycles. The maximum Gasteiger partial charge on any atom is 0.316 e. The van der Waals surface area contributed by atoms with Crippen molar-refractivity contribution in [3.63, 3.8) is 0 Å². The van der Waals surface area contributed by atoms with E-state index in [0.29, 0.717) is 17.2 Å². The number of urea groups is 1. The van der Waals surface area contributed by atoms with E-state index in [1.807, 2.05) is 17.5 Å². The largest absolute Gasteiger partial charge is 0.351 e. The predicted octanol–water partition coefficient (Wildman–Crippen LogP) is 3.56. The number of rotatable bonds is 6. The molecule has 0 spiro atoms. The van der Waals surface area contributed by atoms with E-state index in [9.17, 15) is 14.0 Å². The second kappa shape index (κ2) is 8.76. The van der Waals surface area contributed by atoms with Gasteiger partial charge in [0.15, 0.2) is 5.82 Å². The molecule has 0 saturated heterocycles. The summed E-state index contributed by atoms with van der Waals surface area (Å²) >= 11 is 1.46. The Labute approximate surface area is 180 Å². The van der Waals surface area contributed by atoms with Crippen LogP contribution in [0.15, 0.2) is 66.0 Å². The first kappa shape index (κ1) is 20.2. The molecule has 0 aliphatic rings. The molecule has 0 aliphatic carbocycles. The smallest absolute Gasteiger partial charge is 0.316 e. The summed E-state index contributed by atoms with van der Waals surface area (Å²) in [6.07, 6.45) is 0. The topological polar surface area (TPSA) is 115 Å². The van der Waals surface area contributed by atoms with E-state index in [1.165, 1.54) is 28.2 Å². The molecule has 3 amide bonds. The minimum absolute atomic E-state index is 0.000241. The van der Waals surface area contributed by atoms with Crippen LogP contribution in [0.25, 0.3) is 16.4 Å². The fourth-order valence-electron chi connectivity index (χ4n) is 2.85. The highest BCUT2D eigenvalue weighted by Gasteiger charge is 2.19. The van der Waals surface area contributed by atoms with Gasteiger partial charge in [-0.3, -0.25) is 4.79 Å². The van der Waals surface area contributed by atoms with E-state index >= 15 is 0 Å². The molecule has 4 rings (SSSR count). The van der Waals surface area contributed by atoms with E-state index < -0.39 is 11.9 Å². The molecule has 4 aromatic rings. The van der Waals surface area contributed by atoms with Crippen molar-refractivity contribution in [1.29, 1.82) is 0 Å².